The standard InChI is InChI=1S/C20H29N3O2/c1-16(2)23-12-13-25-18(15-23)14-20(24)21(3)10-11-22-9-8-17-6-4-5-7-19(17)22/h4-9,16,18H,10-15H2,1-3H3/t18-/m0/s1. The van der Waals surface area contributed by atoms with Gasteiger partial charge in [-0.1, -0.05) is 18.2 Å². The third-order valence-electron chi connectivity index (χ3n) is 5.09. The van der Waals surface area contributed by atoms with E-state index in [-0.39, 0.29) is 12.0 Å². The average molecular weight is 343 g/mol. The van der Waals surface area contributed by atoms with Crippen molar-refractivity contribution in [3.63, 3.8) is 0 Å². The zero-order valence-corrected chi connectivity index (χ0v) is 15.5. The van der Waals surface area contributed by atoms with Crippen LogP contribution in [-0.2, 0) is 16.1 Å². The van der Waals surface area contributed by atoms with Crippen molar-refractivity contribution in [3.05, 3.63) is 36.5 Å². The van der Waals surface area contributed by atoms with Crippen molar-refractivity contribution >= 4 is 16.8 Å². The fraction of sp³-hybridized carbons (Fsp3) is 0.550. The van der Waals surface area contributed by atoms with E-state index in [1.54, 1.807) is 0 Å². The second kappa shape index (κ2) is 8.02. The normalized spacial score (nSPS) is 18.8. The van der Waals surface area contributed by atoms with Gasteiger partial charge in [0.15, 0.2) is 0 Å². The first-order valence-electron chi connectivity index (χ1n) is 9.18. The summed E-state index contributed by atoms with van der Waals surface area (Å²) in [6.07, 6.45) is 2.57. The largest absolute Gasteiger partial charge is 0.375 e. The summed E-state index contributed by atoms with van der Waals surface area (Å²) in [5, 5.41) is 1.24. The first-order valence-corrected chi connectivity index (χ1v) is 9.18. The number of rotatable bonds is 6. The smallest absolute Gasteiger partial charge is 0.225 e. The monoisotopic (exact) mass is 343 g/mol. The van der Waals surface area contributed by atoms with Crippen LogP contribution in [0.15, 0.2) is 36.5 Å². The number of carbonyl (C=O) groups is 1. The van der Waals surface area contributed by atoms with Crippen molar-refractivity contribution in [1.29, 1.82) is 0 Å². The van der Waals surface area contributed by atoms with Crippen molar-refractivity contribution in [3.8, 4) is 0 Å². The number of benzene rings is 1. The molecule has 1 aliphatic rings. The van der Waals surface area contributed by atoms with E-state index in [0.29, 0.717) is 19.0 Å². The van der Waals surface area contributed by atoms with Crippen LogP contribution in [0.3, 0.4) is 0 Å². The zero-order valence-electron chi connectivity index (χ0n) is 15.5. The lowest BCUT2D eigenvalue weighted by Gasteiger charge is -2.35. The highest BCUT2D eigenvalue weighted by Gasteiger charge is 2.25. The molecule has 1 saturated heterocycles. The van der Waals surface area contributed by atoms with Crippen molar-refractivity contribution < 1.29 is 9.53 Å². The van der Waals surface area contributed by atoms with Gasteiger partial charge in [0.2, 0.25) is 5.91 Å². The summed E-state index contributed by atoms with van der Waals surface area (Å²) in [4.78, 5) is 16.7. The van der Waals surface area contributed by atoms with Crippen LogP contribution in [0.2, 0.25) is 0 Å². The van der Waals surface area contributed by atoms with Gasteiger partial charge in [0, 0.05) is 51.0 Å². The van der Waals surface area contributed by atoms with Gasteiger partial charge in [-0.15, -0.1) is 0 Å². The Morgan fingerprint density at radius 1 is 1.32 bits per heavy atom. The quantitative estimate of drug-likeness (QED) is 0.809. The van der Waals surface area contributed by atoms with Gasteiger partial charge in [0.25, 0.3) is 0 Å². The summed E-state index contributed by atoms with van der Waals surface area (Å²) >= 11 is 0. The first-order chi connectivity index (χ1) is 12.0. The zero-order chi connectivity index (χ0) is 17.8. The van der Waals surface area contributed by atoms with Crippen LogP contribution in [0.1, 0.15) is 20.3 Å². The molecule has 5 heteroatoms. The van der Waals surface area contributed by atoms with E-state index in [1.807, 2.05) is 18.0 Å². The van der Waals surface area contributed by atoms with E-state index in [9.17, 15) is 4.79 Å². The van der Waals surface area contributed by atoms with Crippen molar-refractivity contribution in [2.45, 2.75) is 39.0 Å². The molecule has 0 spiro atoms. The van der Waals surface area contributed by atoms with Crippen LogP contribution >= 0.6 is 0 Å². The molecule has 3 rings (SSSR count). The van der Waals surface area contributed by atoms with Crippen LogP contribution < -0.4 is 0 Å². The molecule has 1 amide bonds. The maximum Gasteiger partial charge on any atom is 0.225 e. The second-order valence-corrected chi connectivity index (χ2v) is 7.17. The molecule has 1 aromatic heterocycles. The highest BCUT2D eigenvalue weighted by molar-refractivity contribution is 5.80. The van der Waals surface area contributed by atoms with E-state index < -0.39 is 0 Å². The van der Waals surface area contributed by atoms with Crippen molar-refractivity contribution in [1.82, 2.24) is 14.4 Å². The maximum atomic E-state index is 12.5. The number of ether oxygens (including phenoxy) is 1. The molecule has 1 aromatic carbocycles. The number of carbonyl (C=O) groups excluding carboxylic acids is 1. The fourth-order valence-corrected chi connectivity index (χ4v) is 3.40. The molecule has 2 aromatic rings. The molecule has 25 heavy (non-hydrogen) atoms. The predicted molar refractivity (Wildman–Crippen MR) is 101 cm³/mol. The molecular formula is C20H29N3O2. The maximum absolute atomic E-state index is 12.5. The molecule has 0 bridgehead atoms. The van der Waals surface area contributed by atoms with Gasteiger partial charge in [-0.05, 0) is 31.4 Å². The van der Waals surface area contributed by atoms with Gasteiger partial charge in [0.1, 0.15) is 0 Å². The van der Waals surface area contributed by atoms with Crippen molar-refractivity contribution in [2.75, 3.05) is 33.3 Å². The number of amides is 1. The summed E-state index contributed by atoms with van der Waals surface area (Å²) in [6.45, 7) is 8.42. The average Bonchev–Trinajstić information content (AvgIpc) is 3.03. The van der Waals surface area contributed by atoms with Gasteiger partial charge < -0.3 is 14.2 Å². The Balaban J connectivity index is 1.51. The molecule has 0 saturated carbocycles. The number of morpholine rings is 1. The Bertz CT molecular complexity index is 710. The summed E-state index contributed by atoms with van der Waals surface area (Å²) in [5.41, 5.74) is 1.21. The first kappa shape index (κ1) is 18.0. The number of nitrogens with zero attached hydrogens (tertiary/aromatic N) is 3. The van der Waals surface area contributed by atoms with Crippen LogP contribution in [0.25, 0.3) is 10.9 Å². The van der Waals surface area contributed by atoms with Gasteiger partial charge >= 0.3 is 0 Å². The number of hydrogen-bond donors (Lipinski definition) is 0. The van der Waals surface area contributed by atoms with E-state index in [4.69, 9.17) is 4.74 Å². The van der Waals surface area contributed by atoms with E-state index in [0.717, 1.165) is 26.2 Å². The van der Waals surface area contributed by atoms with Crippen molar-refractivity contribution in [2.24, 2.45) is 0 Å². The van der Waals surface area contributed by atoms with Gasteiger partial charge in [-0.3, -0.25) is 9.69 Å². The van der Waals surface area contributed by atoms with Crippen LogP contribution in [0.5, 0.6) is 0 Å². The minimum absolute atomic E-state index is 0.0125. The van der Waals surface area contributed by atoms with E-state index in [2.05, 4.69) is 53.8 Å². The highest BCUT2D eigenvalue weighted by atomic mass is 16.5. The Morgan fingerprint density at radius 3 is 2.92 bits per heavy atom. The van der Waals surface area contributed by atoms with Crippen LogP contribution in [0.4, 0.5) is 0 Å². The number of hydrogen-bond acceptors (Lipinski definition) is 3. The molecule has 0 N–H and O–H groups in total. The van der Waals surface area contributed by atoms with E-state index in [1.165, 1.54) is 10.9 Å². The molecule has 0 aliphatic carbocycles. The molecule has 0 radical (unpaired) electrons. The number of likely N-dealkylation sites (N-methyl/N-ethyl adjacent to an activating group) is 1. The minimum Gasteiger partial charge on any atom is -0.375 e. The van der Waals surface area contributed by atoms with Crippen LogP contribution in [0, 0.1) is 0 Å². The molecular weight excluding hydrogens is 314 g/mol. The minimum atomic E-state index is 0.0125. The topological polar surface area (TPSA) is 37.7 Å². The lowest BCUT2D eigenvalue weighted by molar-refractivity contribution is -0.135. The summed E-state index contributed by atoms with van der Waals surface area (Å²) < 4.78 is 8.00. The highest BCUT2D eigenvalue weighted by Crippen LogP contribution is 2.15. The molecule has 2 heterocycles. The SMILES string of the molecule is CC(C)N1CCO[C@@H](CC(=O)N(C)CCn2ccc3ccccc32)C1. The summed E-state index contributed by atoms with van der Waals surface area (Å²) in [5.74, 6) is 0.159. The number of fused-ring (bicyclic) bond motifs is 1. The lowest BCUT2D eigenvalue weighted by atomic mass is 10.1. The Kier molecular flexibility index (Phi) is 5.76. The molecule has 1 aliphatic heterocycles. The summed E-state index contributed by atoms with van der Waals surface area (Å²) in [6, 6.07) is 10.9. The number of para-hydroxylation sites is 1. The second-order valence-electron chi connectivity index (χ2n) is 7.17. The molecule has 136 valence electrons. The van der Waals surface area contributed by atoms with Gasteiger partial charge in [-0.25, -0.2) is 0 Å². The Labute approximate surface area is 150 Å². The Hall–Kier alpha value is -1.85. The molecule has 1 atom stereocenters. The van der Waals surface area contributed by atoms with E-state index >= 15 is 0 Å². The van der Waals surface area contributed by atoms with Crippen LogP contribution in [-0.4, -0.2) is 65.7 Å². The molecule has 1 fully saturated rings. The Morgan fingerprint density at radius 2 is 2.12 bits per heavy atom. The van der Waals surface area contributed by atoms with Gasteiger partial charge in [0.05, 0.1) is 19.1 Å². The predicted octanol–water partition coefficient (Wildman–Crippen LogP) is 2.60. The summed E-state index contributed by atoms with van der Waals surface area (Å²) in [7, 11) is 1.89. The third kappa shape index (κ3) is 4.41. The molecule has 0 unspecified atom stereocenters. The molecule has 5 nitrogen and oxygen atoms in total. The van der Waals surface area contributed by atoms with Gasteiger partial charge in [-0.2, -0.15) is 0 Å². The third-order valence-corrected chi connectivity index (χ3v) is 5.09. The fourth-order valence-electron chi connectivity index (χ4n) is 3.40. The number of aromatic nitrogens is 1. The lowest BCUT2D eigenvalue weighted by Crippen LogP contribution is -2.47.